The van der Waals surface area contributed by atoms with Crippen LogP contribution in [0.25, 0.3) is 6.08 Å². The van der Waals surface area contributed by atoms with Gasteiger partial charge in [-0.15, -0.1) is 0 Å². The molecule has 0 aromatic heterocycles. The minimum Gasteiger partial charge on any atom is -0.507 e. The van der Waals surface area contributed by atoms with Crippen molar-refractivity contribution in [2.75, 3.05) is 6.54 Å². The van der Waals surface area contributed by atoms with Gasteiger partial charge in [-0.2, -0.15) is 0 Å². The minimum atomic E-state index is -0.852. The number of phenols is 1. The van der Waals surface area contributed by atoms with Crippen molar-refractivity contribution < 1.29 is 24.7 Å². The van der Waals surface area contributed by atoms with E-state index in [1.807, 2.05) is 0 Å². The standard InChI is InChI=1S/C16H16N2O6S2/c19-12-6-5-11(18(23)24)8-10(12)9-13-15(22)17(16(25)26-13)7-3-1-2-4-14(20)21/h5-6,8-9,19H,1-4,7H2,(H,20,21)/b13-9-. The first-order chi connectivity index (χ1) is 12.3. The van der Waals surface area contributed by atoms with Crippen LogP contribution >= 0.6 is 24.0 Å². The van der Waals surface area contributed by atoms with E-state index in [0.717, 1.165) is 11.8 Å². The Labute approximate surface area is 158 Å². The molecular weight excluding hydrogens is 380 g/mol. The molecule has 1 heterocycles. The zero-order chi connectivity index (χ0) is 19.3. The number of carbonyl (C=O) groups is 2. The molecule has 0 spiro atoms. The Bertz CT molecular complexity index is 793. The zero-order valence-corrected chi connectivity index (χ0v) is 15.2. The van der Waals surface area contributed by atoms with Crippen molar-refractivity contribution in [2.24, 2.45) is 0 Å². The largest absolute Gasteiger partial charge is 0.507 e. The molecule has 26 heavy (non-hydrogen) atoms. The number of aromatic hydroxyl groups is 1. The highest BCUT2D eigenvalue weighted by molar-refractivity contribution is 8.26. The molecule has 0 saturated carbocycles. The predicted octanol–water partition coefficient (Wildman–Crippen LogP) is 3.15. The van der Waals surface area contributed by atoms with Crippen molar-refractivity contribution in [1.82, 2.24) is 4.90 Å². The summed E-state index contributed by atoms with van der Waals surface area (Å²) in [6, 6.07) is 3.57. The highest BCUT2D eigenvalue weighted by Crippen LogP contribution is 2.35. The molecule has 1 saturated heterocycles. The summed E-state index contributed by atoms with van der Waals surface area (Å²) in [5.41, 5.74) is -0.0240. The van der Waals surface area contributed by atoms with Gasteiger partial charge >= 0.3 is 5.97 Å². The van der Waals surface area contributed by atoms with E-state index in [1.165, 1.54) is 29.2 Å². The van der Waals surface area contributed by atoms with Crippen molar-refractivity contribution in [2.45, 2.75) is 25.7 Å². The molecule has 2 N–H and O–H groups in total. The van der Waals surface area contributed by atoms with E-state index in [-0.39, 0.29) is 34.2 Å². The van der Waals surface area contributed by atoms with Gasteiger partial charge in [0, 0.05) is 30.7 Å². The molecule has 1 aliphatic heterocycles. The molecule has 0 unspecified atom stereocenters. The Morgan fingerprint density at radius 1 is 1.35 bits per heavy atom. The van der Waals surface area contributed by atoms with Crippen molar-refractivity contribution in [3.63, 3.8) is 0 Å². The van der Waals surface area contributed by atoms with Crippen LogP contribution in [0, 0.1) is 10.1 Å². The van der Waals surface area contributed by atoms with Gasteiger partial charge in [0.2, 0.25) is 0 Å². The van der Waals surface area contributed by atoms with Crippen LogP contribution in [0.2, 0.25) is 0 Å². The molecule has 138 valence electrons. The number of hydrogen-bond donors (Lipinski definition) is 2. The lowest BCUT2D eigenvalue weighted by Crippen LogP contribution is -2.29. The van der Waals surface area contributed by atoms with Crippen molar-refractivity contribution in [1.29, 1.82) is 0 Å². The second-order valence-corrected chi connectivity index (χ2v) is 7.21. The van der Waals surface area contributed by atoms with Crippen LogP contribution in [-0.4, -0.2) is 42.8 Å². The fourth-order valence-corrected chi connectivity index (χ4v) is 3.63. The molecule has 0 aliphatic carbocycles. The maximum absolute atomic E-state index is 12.5. The maximum atomic E-state index is 12.5. The first-order valence-electron chi connectivity index (χ1n) is 7.74. The summed E-state index contributed by atoms with van der Waals surface area (Å²) in [6.07, 6.45) is 3.28. The summed E-state index contributed by atoms with van der Waals surface area (Å²) in [5, 5.41) is 29.3. The monoisotopic (exact) mass is 396 g/mol. The van der Waals surface area contributed by atoms with Crippen molar-refractivity contribution in [3.05, 3.63) is 38.8 Å². The molecule has 2 rings (SSSR count). The summed E-state index contributed by atoms with van der Waals surface area (Å²) in [4.78, 5) is 34.9. The number of non-ortho nitro benzene ring substituents is 1. The Balaban J connectivity index is 2.06. The quantitative estimate of drug-likeness (QED) is 0.226. The number of phenolic OH excluding ortho intramolecular Hbond substituents is 1. The summed E-state index contributed by atoms with van der Waals surface area (Å²) < 4.78 is 0.365. The fraction of sp³-hybridized carbons (Fsp3) is 0.312. The van der Waals surface area contributed by atoms with Crippen molar-refractivity contribution in [3.8, 4) is 5.75 Å². The summed E-state index contributed by atoms with van der Waals surface area (Å²) >= 11 is 6.26. The fourth-order valence-electron chi connectivity index (χ4n) is 2.33. The van der Waals surface area contributed by atoms with Crippen LogP contribution in [0.3, 0.4) is 0 Å². The van der Waals surface area contributed by atoms with E-state index in [1.54, 1.807) is 0 Å². The van der Waals surface area contributed by atoms with E-state index in [0.29, 0.717) is 30.1 Å². The number of thioether (sulfide) groups is 1. The van der Waals surface area contributed by atoms with Gasteiger partial charge in [-0.1, -0.05) is 30.4 Å². The number of carbonyl (C=O) groups excluding carboxylic acids is 1. The van der Waals surface area contributed by atoms with Gasteiger partial charge in [0.1, 0.15) is 10.1 Å². The van der Waals surface area contributed by atoms with Crippen LogP contribution < -0.4 is 0 Å². The summed E-state index contributed by atoms with van der Waals surface area (Å²) in [7, 11) is 0. The highest BCUT2D eigenvalue weighted by Gasteiger charge is 2.31. The molecule has 1 amide bonds. The lowest BCUT2D eigenvalue weighted by molar-refractivity contribution is -0.384. The SMILES string of the molecule is O=C(O)CCCCCN1C(=O)/C(=C/c2cc([N+](=O)[O-])ccc2O)SC1=S. The number of unbranched alkanes of at least 4 members (excludes halogenated alkanes) is 2. The van der Waals surface area contributed by atoms with E-state index in [9.17, 15) is 24.8 Å². The van der Waals surface area contributed by atoms with Gasteiger partial charge in [0.05, 0.1) is 9.83 Å². The smallest absolute Gasteiger partial charge is 0.303 e. The van der Waals surface area contributed by atoms with Gasteiger partial charge in [-0.05, 0) is 25.0 Å². The number of benzene rings is 1. The third-order valence-corrected chi connectivity index (χ3v) is 5.03. The van der Waals surface area contributed by atoms with Crippen LogP contribution in [0.4, 0.5) is 5.69 Å². The first-order valence-corrected chi connectivity index (χ1v) is 8.96. The number of carboxylic acid groups (broad SMARTS) is 1. The number of carboxylic acids is 1. The number of aliphatic carboxylic acids is 1. The third-order valence-electron chi connectivity index (χ3n) is 3.65. The van der Waals surface area contributed by atoms with E-state index in [2.05, 4.69) is 0 Å². The molecular formula is C16H16N2O6S2. The molecule has 10 heteroatoms. The molecule has 1 fully saturated rings. The Kier molecular flexibility index (Phi) is 6.70. The van der Waals surface area contributed by atoms with Gasteiger partial charge in [0.25, 0.3) is 11.6 Å². The maximum Gasteiger partial charge on any atom is 0.303 e. The molecule has 8 nitrogen and oxygen atoms in total. The molecule has 1 aliphatic rings. The van der Waals surface area contributed by atoms with E-state index < -0.39 is 10.9 Å². The number of thiocarbonyl (C=S) groups is 1. The van der Waals surface area contributed by atoms with E-state index >= 15 is 0 Å². The number of hydrogen-bond acceptors (Lipinski definition) is 7. The van der Waals surface area contributed by atoms with Gasteiger partial charge < -0.3 is 10.2 Å². The lowest BCUT2D eigenvalue weighted by Gasteiger charge is -2.13. The van der Waals surface area contributed by atoms with Gasteiger partial charge in [-0.3, -0.25) is 24.6 Å². The minimum absolute atomic E-state index is 0.0877. The van der Waals surface area contributed by atoms with Crippen LogP contribution in [0.5, 0.6) is 5.75 Å². The summed E-state index contributed by atoms with van der Waals surface area (Å²) in [6.45, 7) is 0.378. The average Bonchev–Trinajstić information content (AvgIpc) is 2.83. The Morgan fingerprint density at radius 2 is 2.08 bits per heavy atom. The van der Waals surface area contributed by atoms with Gasteiger partial charge in [0.15, 0.2) is 0 Å². The van der Waals surface area contributed by atoms with Crippen LogP contribution in [0.1, 0.15) is 31.2 Å². The number of nitro groups is 1. The van der Waals surface area contributed by atoms with Crippen LogP contribution in [-0.2, 0) is 9.59 Å². The predicted molar refractivity (Wildman–Crippen MR) is 101 cm³/mol. The lowest BCUT2D eigenvalue weighted by atomic mass is 10.1. The topological polar surface area (TPSA) is 121 Å². The molecule has 0 bridgehead atoms. The second kappa shape index (κ2) is 8.77. The normalized spacial score (nSPS) is 15.7. The van der Waals surface area contributed by atoms with Crippen molar-refractivity contribution >= 4 is 51.9 Å². The molecule has 0 atom stereocenters. The number of nitro benzene ring substituents is 1. The molecule has 1 aromatic rings. The van der Waals surface area contributed by atoms with Crippen LogP contribution in [0.15, 0.2) is 23.1 Å². The Morgan fingerprint density at radius 3 is 2.73 bits per heavy atom. The zero-order valence-electron chi connectivity index (χ0n) is 13.6. The molecule has 1 aromatic carbocycles. The first kappa shape index (κ1) is 19.9. The second-order valence-electron chi connectivity index (χ2n) is 5.54. The highest BCUT2D eigenvalue weighted by atomic mass is 32.2. The Hall–Kier alpha value is -2.46. The number of nitrogens with zero attached hydrogens (tertiary/aromatic N) is 2. The van der Waals surface area contributed by atoms with Gasteiger partial charge in [-0.25, -0.2) is 0 Å². The third kappa shape index (κ3) is 5.02. The van der Waals surface area contributed by atoms with E-state index in [4.69, 9.17) is 17.3 Å². The molecule has 0 radical (unpaired) electrons. The summed E-state index contributed by atoms with van der Waals surface area (Å²) in [5.74, 6) is -1.35. The number of amides is 1. The average molecular weight is 396 g/mol. The number of rotatable bonds is 8.